The lowest BCUT2D eigenvalue weighted by Crippen LogP contribution is -2.48. The SMILES string of the molecule is COc1c(C)cccc1C(=O)Nc1ccc(N2CCN(C(=O)c3ccccc3C)CC2)cc1. The van der Waals surface area contributed by atoms with E-state index in [1.54, 1.807) is 13.2 Å². The average molecular weight is 444 g/mol. The van der Waals surface area contributed by atoms with Crippen LogP contribution in [0.15, 0.2) is 66.7 Å². The van der Waals surface area contributed by atoms with Gasteiger partial charge in [0.25, 0.3) is 11.8 Å². The Balaban J connectivity index is 1.37. The van der Waals surface area contributed by atoms with Crippen molar-refractivity contribution >= 4 is 23.2 Å². The largest absolute Gasteiger partial charge is 0.496 e. The zero-order valence-corrected chi connectivity index (χ0v) is 19.3. The van der Waals surface area contributed by atoms with E-state index in [9.17, 15) is 9.59 Å². The molecule has 3 aromatic carbocycles. The molecule has 0 radical (unpaired) electrons. The van der Waals surface area contributed by atoms with Gasteiger partial charge in [-0.3, -0.25) is 9.59 Å². The number of piperazine rings is 1. The number of nitrogens with one attached hydrogen (secondary N) is 1. The third kappa shape index (κ3) is 4.85. The number of hydrogen-bond donors (Lipinski definition) is 1. The number of benzene rings is 3. The van der Waals surface area contributed by atoms with Crippen molar-refractivity contribution in [2.24, 2.45) is 0 Å². The molecule has 0 atom stereocenters. The monoisotopic (exact) mass is 443 g/mol. The number of ether oxygens (including phenoxy) is 1. The highest BCUT2D eigenvalue weighted by Crippen LogP contribution is 2.25. The van der Waals surface area contributed by atoms with Gasteiger partial charge >= 0.3 is 0 Å². The summed E-state index contributed by atoms with van der Waals surface area (Å²) in [6.07, 6.45) is 0. The molecule has 2 amide bonds. The van der Waals surface area contributed by atoms with E-state index in [1.165, 1.54) is 0 Å². The highest BCUT2D eigenvalue weighted by atomic mass is 16.5. The van der Waals surface area contributed by atoms with Crippen molar-refractivity contribution in [3.8, 4) is 5.75 Å². The summed E-state index contributed by atoms with van der Waals surface area (Å²) < 4.78 is 5.40. The average Bonchev–Trinajstić information content (AvgIpc) is 2.84. The van der Waals surface area contributed by atoms with E-state index in [0.29, 0.717) is 24.4 Å². The Morgan fingerprint density at radius 2 is 1.42 bits per heavy atom. The molecule has 33 heavy (non-hydrogen) atoms. The van der Waals surface area contributed by atoms with Crippen LogP contribution in [0.1, 0.15) is 31.8 Å². The van der Waals surface area contributed by atoms with Crippen LogP contribution in [0.2, 0.25) is 0 Å². The highest BCUT2D eigenvalue weighted by Gasteiger charge is 2.23. The highest BCUT2D eigenvalue weighted by molar-refractivity contribution is 6.06. The van der Waals surface area contributed by atoms with E-state index in [-0.39, 0.29) is 11.8 Å². The first-order valence-corrected chi connectivity index (χ1v) is 11.1. The summed E-state index contributed by atoms with van der Waals surface area (Å²) in [7, 11) is 1.57. The van der Waals surface area contributed by atoms with Crippen LogP contribution in [0.4, 0.5) is 11.4 Å². The first-order chi connectivity index (χ1) is 16.0. The molecule has 0 spiro atoms. The molecule has 1 N–H and O–H groups in total. The second-order valence-corrected chi connectivity index (χ2v) is 8.25. The van der Waals surface area contributed by atoms with Crippen molar-refractivity contribution in [1.82, 2.24) is 4.90 Å². The van der Waals surface area contributed by atoms with E-state index >= 15 is 0 Å². The minimum absolute atomic E-state index is 0.0948. The lowest BCUT2D eigenvalue weighted by atomic mass is 10.1. The first kappa shape index (κ1) is 22.4. The molecule has 0 bridgehead atoms. The molecule has 0 unspecified atom stereocenters. The van der Waals surface area contributed by atoms with Gasteiger partial charge < -0.3 is 19.9 Å². The van der Waals surface area contributed by atoms with Gasteiger partial charge in [-0.2, -0.15) is 0 Å². The zero-order chi connectivity index (χ0) is 23.4. The number of para-hydroxylation sites is 1. The van der Waals surface area contributed by atoms with Crippen LogP contribution >= 0.6 is 0 Å². The predicted octanol–water partition coefficient (Wildman–Crippen LogP) is 4.53. The predicted molar refractivity (Wildman–Crippen MR) is 131 cm³/mol. The molecule has 1 heterocycles. The number of carbonyl (C=O) groups is 2. The number of aryl methyl sites for hydroxylation is 2. The molecule has 4 rings (SSSR count). The Morgan fingerprint density at radius 3 is 2.09 bits per heavy atom. The molecule has 1 aliphatic rings. The van der Waals surface area contributed by atoms with Crippen molar-refractivity contribution in [2.45, 2.75) is 13.8 Å². The minimum atomic E-state index is -0.202. The van der Waals surface area contributed by atoms with Crippen LogP contribution in [-0.4, -0.2) is 50.0 Å². The van der Waals surface area contributed by atoms with Crippen molar-refractivity contribution in [2.75, 3.05) is 43.5 Å². The van der Waals surface area contributed by atoms with Gasteiger partial charge in [0.2, 0.25) is 0 Å². The molecule has 0 aliphatic carbocycles. The Labute approximate surface area is 194 Å². The first-order valence-electron chi connectivity index (χ1n) is 11.1. The summed E-state index contributed by atoms with van der Waals surface area (Å²) in [5, 5.41) is 2.95. The second-order valence-electron chi connectivity index (χ2n) is 8.25. The molecule has 1 fully saturated rings. The van der Waals surface area contributed by atoms with E-state index in [4.69, 9.17) is 4.74 Å². The van der Waals surface area contributed by atoms with Crippen molar-refractivity contribution in [1.29, 1.82) is 0 Å². The zero-order valence-electron chi connectivity index (χ0n) is 19.3. The summed E-state index contributed by atoms with van der Waals surface area (Å²) in [4.78, 5) is 29.8. The Hall–Kier alpha value is -3.80. The Kier molecular flexibility index (Phi) is 6.63. The van der Waals surface area contributed by atoms with E-state index in [1.807, 2.05) is 79.4 Å². The normalized spacial score (nSPS) is 13.5. The number of amides is 2. The molecule has 1 aliphatic heterocycles. The number of methoxy groups -OCH3 is 1. The maximum absolute atomic E-state index is 12.9. The molecule has 3 aromatic rings. The fourth-order valence-corrected chi connectivity index (χ4v) is 4.21. The number of hydrogen-bond acceptors (Lipinski definition) is 4. The summed E-state index contributed by atoms with van der Waals surface area (Å²) in [6, 6.07) is 21.1. The lowest BCUT2D eigenvalue weighted by Gasteiger charge is -2.36. The number of carbonyl (C=O) groups excluding carboxylic acids is 2. The van der Waals surface area contributed by atoms with Crippen LogP contribution in [0.5, 0.6) is 5.75 Å². The topological polar surface area (TPSA) is 61.9 Å². The van der Waals surface area contributed by atoms with Crippen molar-refractivity contribution in [3.05, 3.63) is 89.0 Å². The van der Waals surface area contributed by atoms with E-state index < -0.39 is 0 Å². The van der Waals surface area contributed by atoms with Gasteiger partial charge in [0.15, 0.2) is 0 Å². The molecule has 0 aromatic heterocycles. The molecule has 1 saturated heterocycles. The van der Waals surface area contributed by atoms with Gasteiger partial charge in [-0.1, -0.05) is 30.3 Å². The molecular weight excluding hydrogens is 414 g/mol. The van der Waals surface area contributed by atoms with E-state index in [2.05, 4.69) is 10.2 Å². The summed E-state index contributed by atoms with van der Waals surface area (Å²) in [6.45, 7) is 6.78. The fourth-order valence-electron chi connectivity index (χ4n) is 4.21. The number of nitrogens with zero attached hydrogens (tertiary/aromatic N) is 2. The van der Waals surface area contributed by atoms with Gasteiger partial charge in [0.05, 0.1) is 12.7 Å². The van der Waals surface area contributed by atoms with Crippen LogP contribution < -0.4 is 15.0 Å². The summed E-state index contributed by atoms with van der Waals surface area (Å²) >= 11 is 0. The molecule has 6 nitrogen and oxygen atoms in total. The second kappa shape index (κ2) is 9.77. The smallest absolute Gasteiger partial charge is 0.259 e. The standard InChI is InChI=1S/C27H29N3O3/c1-19-7-4-5-9-23(19)27(32)30-17-15-29(16-18-30)22-13-11-21(12-14-22)28-26(31)24-10-6-8-20(2)25(24)33-3/h4-14H,15-18H2,1-3H3,(H,28,31). The Bertz CT molecular complexity index is 1150. The van der Waals surface area contributed by atoms with Gasteiger partial charge in [-0.25, -0.2) is 0 Å². The molecular formula is C27H29N3O3. The van der Waals surface area contributed by atoms with Crippen LogP contribution in [0, 0.1) is 13.8 Å². The van der Waals surface area contributed by atoms with Crippen molar-refractivity contribution in [3.63, 3.8) is 0 Å². The van der Waals surface area contributed by atoms with Gasteiger partial charge in [-0.15, -0.1) is 0 Å². The number of anilines is 2. The van der Waals surface area contributed by atoms with Crippen molar-refractivity contribution < 1.29 is 14.3 Å². The third-order valence-electron chi connectivity index (χ3n) is 6.09. The van der Waals surface area contributed by atoms with E-state index in [0.717, 1.165) is 41.2 Å². The molecule has 6 heteroatoms. The van der Waals surface area contributed by atoms with Crippen LogP contribution in [-0.2, 0) is 0 Å². The Morgan fingerprint density at radius 1 is 0.788 bits per heavy atom. The van der Waals surface area contributed by atoms with Crippen LogP contribution in [0.3, 0.4) is 0 Å². The number of rotatable bonds is 5. The fraction of sp³-hybridized carbons (Fsp3) is 0.259. The molecule has 0 saturated carbocycles. The van der Waals surface area contributed by atoms with Gasteiger partial charge in [-0.05, 0) is 61.4 Å². The third-order valence-corrected chi connectivity index (χ3v) is 6.09. The maximum atomic E-state index is 12.9. The van der Waals surface area contributed by atoms with Gasteiger partial charge in [0, 0.05) is 43.1 Å². The summed E-state index contributed by atoms with van der Waals surface area (Å²) in [5.41, 5.74) is 5.00. The quantitative estimate of drug-likeness (QED) is 0.630. The maximum Gasteiger partial charge on any atom is 0.259 e. The van der Waals surface area contributed by atoms with Gasteiger partial charge in [0.1, 0.15) is 5.75 Å². The minimum Gasteiger partial charge on any atom is -0.496 e. The summed E-state index contributed by atoms with van der Waals surface area (Å²) in [5.74, 6) is 0.480. The lowest BCUT2D eigenvalue weighted by molar-refractivity contribution is 0.0746. The van der Waals surface area contributed by atoms with Crippen LogP contribution in [0.25, 0.3) is 0 Å². The molecule has 170 valence electrons.